The van der Waals surface area contributed by atoms with E-state index in [4.69, 9.17) is 0 Å². The van der Waals surface area contributed by atoms with Crippen molar-refractivity contribution in [2.75, 3.05) is 0 Å². The Kier molecular flexibility index (Phi) is 3.16. The van der Waals surface area contributed by atoms with E-state index >= 15 is 0 Å². The second kappa shape index (κ2) is 3.77. The van der Waals surface area contributed by atoms with E-state index in [1.165, 1.54) is 11.1 Å². The van der Waals surface area contributed by atoms with Gasteiger partial charge in [-0.3, -0.25) is 0 Å². The van der Waals surface area contributed by atoms with Gasteiger partial charge in [0, 0.05) is 4.43 Å². The van der Waals surface area contributed by atoms with Crippen LogP contribution in [0.5, 0.6) is 0 Å². The molecule has 1 aromatic carbocycles. The summed E-state index contributed by atoms with van der Waals surface area (Å²) in [5, 5.41) is 0. The highest BCUT2D eigenvalue weighted by Crippen LogP contribution is 2.23. The summed E-state index contributed by atoms with van der Waals surface area (Å²) in [4.78, 5) is 0. The minimum Gasteiger partial charge on any atom is -0.0812 e. The van der Waals surface area contributed by atoms with Crippen molar-refractivity contribution in [1.29, 1.82) is 0 Å². The Hall–Kier alpha value is -0.0500. The highest BCUT2D eigenvalue weighted by Gasteiger charge is 2.12. The first kappa shape index (κ1) is 10.0. The Morgan fingerprint density at radius 2 is 1.92 bits per heavy atom. The van der Waals surface area contributed by atoms with Crippen LogP contribution < -0.4 is 0 Å². The smallest absolute Gasteiger partial charge is 0.0247 e. The number of hydrogen-bond acceptors (Lipinski definition) is 0. The zero-order valence-electron chi connectivity index (χ0n) is 7.89. The molecule has 12 heavy (non-hydrogen) atoms. The lowest BCUT2D eigenvalue weighted by atomic mass is 9.86. The van der Waals surface area contributed by atoms with E-state index in [1.54, 1.807) is 0 Å². The van der Waals surface area contributed by atoms with Gasteiger partial charge >= 0.3 is 0 Å². The summed E-state index contributed by atoms with van der Waals surface area (Å²) in [5.74, 6) is 0. The summed E-state index contributed by atoms with van der Waals surface area (Å²) in [6.07, 6.45) is 0. The molecule has 1 rings (SSSR count). The van der Waals surface area contributed by atoms with E-state index in [9.17, 15) is 0 Å². The summed E-state index contributed by atoms with van der Waals surface area (Å²) < 4.78 is 1.10. The lowest BCUT2D eigenvalue weighted by Crippen LogP contribution is -2.10. The molecule has 0 fully saturated rings. The third kappa shape index (κ3) is 2.47. The van der Waals surface area contributed by atoms with Crippen LogP contribution in [0.15, 0.2) is 24.3 Å². The predicted molar refractivity (Wildman–Crippen MR) is 62.9 cm³/mol. The molecule has 0 spiro atoms. The van der Waals surface area contributed by atoms with Crippen molar-refractivity contribution in [3.05, 3.63) is 35.4 Å². The molecular formula is C11H15I. The summed E-state index contributed by atoms with van der Waals surface area (Å²) in [7, 11) is 0. The van der Waals surface area contributed by atoms with Crippen LogP contribution in [0, 0.1) is 0 Å². The summed E-state index contributed by atoms with van der Waals surface area (Å²) in [5.41, 5.74) is 3.13. The van der Waals surface area contributed by atoms with E-state index in [0.29, 0.717) is 0 Å². The lowest BCUT2D eigenvalue weighted by molar-refractivity contribution is 0.589. The first-order valence-corrected chi connectivity index (χ1v) is 5.72. The Bertz CT molecular complexity index is 258. The molecule has 66 valence electrons. The Morgan fingerprint density at radius 3 is 2.42 bits per heavy atom. The maximum absolute atomic E-state index is 2.40. The van der Waals surface area contributed by atoms with E-state index in [1.807, 2.05) is 0 Å². The molecule has 0 aromatic heterocycles. The molecule has 0 amide bonds. The van der Waals surface area contributed by atoms with Crippen molar-refractivity contribution < 1.29 is 0 Å². The minimum atomic E-state index is 0.280. The average Bonchev–Trinajstić information content (AvgIpc) is 2.03. The molecule has 0 atom stereocenters. The third-order valence-corrected chi connectivity index (χ3v) is 2.83. The summed E-state index contributed by atoms with van der Waals surface area (Å²) >= 11 is 2.40. The topological polar surface area (TPSA) is 0 Å². The van der Waals surface area contributed by atoms with Gasteiger partial charge in [-0.05, 0) is 16.5 Å². The van der Waals surface area contributed by atoms with Gasteiger partial charge in [0.05, 0.1) is 0 Å². The van der Waals surface area contributed by atoms with Crippen molar-refractivity contribution in [3.63, 3.8) is 0 Å². The second-order valence-corrected chi connectivity index (χ2v) is 4.85. The molecule has 0 radical (unpaired) electrons. The van der Waals surface area contributed by atoms with Crippen LogP contribution in [0.3, 0.4) is 0 Å². The molecule has 0 N–H and O–H groups in total. The van der Waals surface area contributed by atoms with Gasteiger partial charge in [0.2, 0.25) is 0 Å². The van der Waals surface area contributed by atoms with Gasteiger partial charge in [-0.1, -0.05) is 67.6 Å². The van der Waals surface area contributed by atoms with Crippen molar-refractivity contribution in [1.82, 2.24) is 0 Å². The summed E-state index contributed by atoms with van der Waals surface area (Å²) in [6, 6.07) is 8.83. The van der Waals surface area contributed by atoms with Crippen molar-refractivity contribution in [2.24, 2.45) is 0 Å². The Balaban J connectivity index is 3.02. The average molecular weight is 274 g/mol. The zero-order chi connectivity index (χ0) is 9.19. The van der Waals surface area contributed by atoms with Crippen LogP contribution in [0.25, 0.3) is 0 Å². The molecule has 0 unspecified atom stereocenters. The number of rotatable bonds is 1. The fourth-order valence-electron chi connectivity index (χ4n) is 1.12. The van der Waals surface area contributed by atoms with Gasteiger partial charge < -0.3 is 0 Å². The van der Waals surface area contributed by atoms with Gasteiger partial charge in [-0.2, -0.15) is 0 Å². The zero-order valence-corrected chi connectivity index (χ0v) is 10.1. The normalized spacial score (nSPS) is 11.7. The molecule has 0 saturated carbocycles. The maximum atomic E-state index is 2.40. The van der Waals surface area contributed by atoms with Crippen LogP contribution >= 0.6 is 22.6 Å². The molecule has 0 aliphatic rings. The Labute approximate surface area is 88.5 Å². The molecule has 1 aromatic rings. The predicted octanol–water partition coefficient (Wildman–Crippen LogP) is 3.92. The molecule has 0 aliphatic carbocycles. The van der Waals surface area contributed by atoms with Crippen molar-refractivity contribution >= 4 is 22.6 Å². The number of halogens is 1. The molecule has 0 nitrogen and oxygen atoms in total. The lowest BCUT2D eigenvalue weighted by Gasteiger charge is -2.19. The molecular weight excluding hydrogens is 259 g/mol. The van der Waals surface area contributed by atoms with E-state index in [-0.39, 0.29) is 5.41 Å². The fourth-order valence-corrected chi connectivity index (χ4v) is 1.60. The molecule has 0 saturated heterocycles. The van der Waals surface area contributed by atoms with E-state index in [0.717, 1.165) is 4.43 Å². The van der Waals surface area contributed by atoms with Gasteiger partial charge in [0.15, 0.2) is 0 Å². The number of benzene rings is 1. The monoisotopic (exact) mass is 274 g/mol. The van der Waals surface area contributed by atoms with Gasteiger partial charge in [-0.15, -0.1) is 0 Å². The highest BCUT2D eigenvalue weighted by molar-refractivity contribution is 14.1. The van der Waals surface area contributed by atoms with Crippen LogP contribution in [-0.2, 0) is 9.84 Å². The van der Waals surface area contributed by atoms with Crippen LogP contribution in [0.2, 0.25) is 0 Å². The molecule has 0 aliphatic heterocycles. The standard InChI is InChI=1S/C11H15I/c1-11(2,3)10-6-4-5-9(7-10)8-12/h4-7H,8H2,1-3H3. The second-order valence-electron chi connectivity index (χ2n) is 4.08. The summed E-state index contributed by atoms with van der Waals surface area (Å²) in [6.45, 7) is 6.75. The Morgan fingerprint density at radius 1 is 1.25 bits per heavy atom. The van der Waals surface area contributed by atoms with Crippen LogP contribution in [-0.4, -0.2) is 0 Å². The number of alkyl halides is 1. The van der Waals surface area contributed by atoms with Crippen LogP contribution in [0.4, 0.5) is 0 Å². The molecule has 0 bridgehead atoms. The third-order valence-electron chi connectivity index (χ3n) is 1.95. The highest BCUT2D eigenvalue weighted by atomic mass is 127. The molecule has 0 heterocycles. The van der Waals surface area contributed by atoms with Gasteiger partial charge in [0.25, 0.3) is 0 Å². The van der Waals surface area contributed by atoms with E-state index in [2.05, 4.69) is 67.6 Å². The largest absolute Gasteiger partial charge is 0.0812 e. The first-order chi connectivity index (χ1) is 5.54. The van der Waals surface area contributed by atoms with Gasteiger partial charge in [-0.25, -0.2) is 0 Å². The van der Waals surface area contributed by atoms with Gasteiger partial charge in [0.1, 0.15) is 0 Å². The minimum absolute atomic E-state index is 0.280. The molecule has 1 heteroatoms. The maximum Gasteiger partial charge on any atom is 0.0247 e. The quantitative estimate of drug-likeness (QED) is 0.538. The first-order valence-electron chi connectivity index (χ1n) is 4.19. The van der Waals surface area contributed by atoms with Crippen LogP contribution in [0.1, 0.15) is 31.9 Å². The van der Waals surface area contributed by atoms with Crippen molar-refractivity contribution in [2.45, 2.75) is 30.6 Å². The van der Waals surface area contributed by atoms with Crippen molar-refractivity contribution in [3.8, 4) is 0 Å². The fraction of sp³-hybridized carbons (Fsp3) is 0.455. The van der Waals surface area contributed by atoms with E-state index < -0.39 is 0 Å². The number of hydrogen-bond donors (Lipinski definition) is 0. The SMILES string of the molecule is CC(C)(C)c1cccc(CI)c1.